The zero-order chi connectivity index (χ0) is 25.7. The summed E-state index contributed by atoms with van der Waals surface area (Å²) in [5.74, 6) is 0.624. The van der Waals surface area contributed by atoms with Crippen molar-refractivity contribution in [2.45, 2.75) is 32.9 Å². The number of nitrogens with zero attached hydrogens (tertiary/aromatic N) is 1. The number of hydrogen-bond donors (Lipinski definition) is 3. The standard InChI is InChI=1S/C28H28Cl2N4O2/c1-17(14-32-28(35)33-15-19-7-10-21(31)11-8-19)22-12-13-24(29)23(26(22)30)16-36-25-5-3-4-20-9-6-18(2)34-27(20)25/h3-13,17H,14-16,31H2,1-2H3,(H2,32,33,35). The first-order chi connectivity index (χ1) is 17.3. The predicted molar refractivity (Wildman–Crippen MR) is 147 cm³/mol. The molecule has 186 valence electrons. The Labute approximate surface area is 220 Å². The lowest BCUT2D eigenvalue weighted by atomic mass is 9.99. The molecular formula is C28H28Cl2N4O2. The van der Waals surface area contributed by atoms with Gasteiger partial charge in [-0.25, -0.2) is 9.78 Å². The summed E-state index contributed by atoms with van der Waals surface area (Å²) in [7, 11) is 0. The number of benzene rings is 3. The van der Waals surface area contributed by atoms with E-state index in [-0.39, 0.29) is 18.6 Å². The van der Waals surface area contributed by atoms with Gasteiger partial charge in [-0.15, -0.1) is 0 Å². The lowest BCUT2D eigenvalue weighted by Gasteiger charge is -2.18. The van der Waals surface area contributed by atoms with Crippen molar-refractivity contribution in [2.75, 3.05) is 12.3 Å². The highest BCUT2D eigenvalue weighted by molar-refractivity contribution is 6.36. The first-order valence-electron chi connectivity index (χ1n) is 11.6. The minimum atomic E-state index is -0.258. The molecule has 0 aliphatic rings. The van der Waals surface area contributed by atoms with E-state index in [1.807, 2.05) is 68.4 Å². The van der Waals surface area contributed by atoms with E-state index in [0.29, 0.717) is 40.1 Å². The first kappa shape index (κ1) is 25.6. The third-order valence-corrected chi connectivity index (χ3v) is 6.74. The summed E-state index contributed by atoms with van der Waals surface area (Å²) in [4.78, 5) is 16.9. The van der Waals surface area contributed by atoms with Crippen LogP contribution in [0.5, 0.6) is 5.75 Å². The quantitative estimate of drug-likeness (QED) is 0.227. The molecule has 4 N–H and O–H groups in total. The summed E-state index contributed by atoms with van der Waals surface area (Å²) in [6, 6.07) is 20.6. The number of anilines is 1. The molecule has 0 aliphatic carbocycles. The van der Waals surface area contributed by atoms with E-state index >= 15 is 0 Å². The average Bonchev–Trinajstić information content (AvgIpc) is 2.87. The Morgan fingerprint density at radius 1 is 1.03 bits per heavy atom. The summed E-state index contributed by atoms with van der Waals surface area (Å²) in [5.41, 5.74) is 10.6. The van der Waals surface area contributed by atoms with Crippen LogP contribution in [-0.4, -0.2) is 17.6 Å². The second-order valence-electron chi connectivity index (χ2n) is 8.70. The van der Waals surface area contributed by atoms with E-state index in [9.17, 15) is 4.79 Å². The number of halogens is 2. The van der Waals surface area contributed by atoms with Crippen LogP contribution in [0.4, 0.5) is 10.5 Å². The van der Waals surface area contributed by atoms with Crippen LogP contribution in [0.1, 0.15) is 35.2 Å². The van der Waals surface area contributed by atoms with Gasteiger partial charge in [0, 0.05) is 40.4 Å². The molecule has 0 aliphatic heterocycles. The molecule has 6 nitrogen and oxygen atoms in total. The maximum absolute atomic E-state index is 12.3. The van der Waals surface area contributed by atoms with Gasteiger partial charge in [0.25, 0.3) is 0 Å². The van der Waals surface area contributed by atoms with Crippen LogP contribution < -0.4 is 21.1 Å². The number of amides is 2. The molecule has 0 fully saturated rings. The van der Waals surface area contributed by atoms with E-state index in [2.05, 4.69) is 15.6 Å². The number of nitrogens with one attached hydrogen (secondary N) is 2. The topological polar surface area (TPSA) is 89.3 Å². The van der Waals surface area contributed by atoms with Gasteiger partial charge in [-0.1, -0.05) is 66.5 Å². The maximum atomic E-state index is 12.3. The highest BCUT2D eigenvalue weighted by Crippen LogP contribution is 2.34. The average molecular weight is 523 g/mol. The Bertz CT molecular complexity index is 1380. The minimum Gasteiger partial charge on any atom is -0.487 e. The number of rotatable bonds is 8. The molecule has 2 amide bonds. The lowest BCUT2D eigenvalue weighted by molar-refractivity contribution is 0.240. The van der Waals surface area contributed by atoms with Gasteiger partial charge in [-0.2, -0.15) is 0 Å². The Morgan fingerprint density at radius 2 is 1.81 bits per heavy atom. The number of urea groups is 1. The largest absolute Gasteiger partial charge is 0.487 e. The molecule has 8 heteroatoms. The van der Waals surface area contributed by atoms with Crippen LogP contribution >= 0.6 is 23.2 Å². The summed E-state index contributed by atoms with van der Waals surface area (Å²) in [6.45, 7) is 4.95. The van der Waals surface area contributed by atoms with Gasteiger partial charge in [-0.3, -0.25) is 0 Å². The fourth-order valence-corrected chi connectivity index (χ4v) is 4.51. The van der Waals surface area contributed by atoms with Crippen LogP contribution in [0.3, 0.4) is 0 Å². The summed E-state index contributed by atoms with van der Waals surface area (Å²) >= 11 is 13.3. The molecule has 0 spiro atoms. The molecule has 0 bridgehead atoms. The van der Waals surface area contributed by atoms with Crippen molar-refractivity contribution in [3.8, 4) is 5.75 Å². The molecule has 3 aromatic carbocycles. The van der Waals surface area contributed by atoms with Crippen molar-refractivity contribution >= 4 is 45.8 Å². The van der Waals surface area contributed by atoms with Crippen molar-refractivity contribution in [2.24, 2.45) is 0 Å². The van der Waals surface area contributed by atoms with E-state index in [0.717, 1.165) is 27.7 Å². The number of carbonyl (C=O) groups excluding carboxylic acids is 1. The number of nitrogens with two attached hydrogens (primary N) is 1. The van der Waals surface area contributed by atoms with E-state index in [1.54, 1.807) is 12.1 Å². The lowest BCUT2D eigenvalue weighted by Crippen LogP contribution is -2.37. The number of para-hydroxylation sites is 1. The molecular weight excluding hydrogens is 495 g/mol. The molecule has 1 aromatic heterocycles. The van der Waals surface area contributed by atoms with Gasteiger partial charge in [0.05, 0.1) is 5.02 Å². The predicted octanol–water partition coefficient (Wildman–Crippen LogP) is 6.61. The zero-order valence-corrected chi connectivity index (χ0v) is 21.7. The monoisotopic (exact) mass is 522 g/mol. The van der Waals surface area contributed by atoms with Gasteiger partial charge in [0.15, 0.2) is 0 Å². The van der Waals surface area contributed by atoms with Crippen LogP contribution in [-0.2, 0) is 13.2 Å². The number of fused-ring (bicyclic) bond motifs is 1. The maximum Gasteiger partial charge on any atom is 0.315 e. The third kappa shape index (κ3) is 6.20. The SMILES string of the molecule is Cc1ccc2cccc(OCc3c(Cl)ccc(C(C)CNC(=O)NCc4ccc(N)cc4)c3Cl)c2n1. The Kier molecular flexibility index (Phi) is 8.18. The summed E-state index contributed by atoms with van der Waals surface area (Å²) in [6.07, 6.45) is 0. The summed E-state index contributed by atoms with van der Waals surface area (Å²) < 4.78 is 6.12. The molecule has 0 saturated heterocycles. The molecule has 1 heterocycles. The minimum absolute atomic E-state index is 0.0438. The van der Waals surface area contributed by atoms with Crippen molar-refractivity contribution in [3.63, 3.8) is 0 Å². The van der Waals surface area contributed by atoms with Crippen LogP contribution in [0.15, 0.2) is 66.7 Å². The van der Waals surface area contributed by atoms with Crippen molar-refractivity contribution in [3.05, 3.63) is 99.2 Å². The Hall–Kier alpha value is -3.48. The number of nitrogen functional groups attached to an aromatic ring is 1. The molecule has 1 unspecified atom stereocenters. The van der Waals surface area contributed by atoms with Crippen LogP contribution in [0.2, 0.25) is 10.0 Å². The normalized spacial score (nSPS) is 11.8. The fraction of sp³-hybridized carbons (Fsp3) is 0.214. The molecule has 36 heavy (non-hydrogen) atoms. The van der Waals surface area contributed by atoms with Gasteiger partial charge in [-0.05, 0) is 54.3 Å². The van der Waals surface area contributed by atoms with E-state index < -0.39 is 0 Å². The highest BCUT2D eigenvalue weighted by Gasteiger charge is 2.17. The zero-order valence-electron chi connectivity index (χ0n) is 20.1. The molecule has 4 rings (SSSR count). The number of aromatic nitrogens is 1. The van der Waals surface area contributed by atoms with Crippen molar-refractivity contribution in [1.82, 2.24) is 15.6 Å². The molecule has 1 atom stereocenters. The molecule has 4 aromatic rings. The van der Waals surface area contributed by atoms with Gasteiger partial charge in [0.1, 0.15) is 17.9 Å². The first-order valence-corrected chi connectivity index (χ1v) is 12.4. The number of aryl methyl sites for hydroxylation is 1. The number of hydrogen-bond acceptors (Lipinski definition) is 4. The number of carbonyl (C=O) groups is 1. The smallest absolute Gasteiger partial charge is 0.315 e. The van der Waals surface area contributed by atoms with Crippen LogP contribution in [0, 0.1) is 6.92 Å². The van der Waals surface area contributed by atoms with Crippen molar-refractivity contribution < 1.29 is 9.53 Å². The Morgan fingerprint density at radius 3 is 2.58 bits per heavy atom. The van der Waals surface area contributed by atoms with Crippen molar-refractivity contribution in [1.29, 1.82) is 0 Å². The molecule has 0 saturated carbocycles. The van der Waals surface area contributed by atoms with Crippen LogP contribution in [0.25, 0.3) is 10.9 Å². The van der Waals surface area contributed by atoms with E-state index in [4.69, 9.17) is 33.7 Å². The molecule has 0 radical (unpaired) electrons. The van der Waals surface area contributed by atoms with E-state index in [1.165, 1.54) is 0 Å². The third-order valence-electron chi connectivity index (χ3n) is 5.94. The fourth-order valence-electron chi connectivity index (χ4n) is 3.85. The van der Waals surface area contributed by atoms with Gasteiger partial charge >= 0.3 is 6.03 Å². The second-order valence-corrected chi connectivity index (χ2v) is 9.49. The van der Waals surface area contributed by atoms with Gasteiger partial charge < -0.3 is 21.1 Å². The second kappa shape index (κ2) is 11.5. The number of ether oxygens (including phenoxy) is 1. The Balaban J connectivity index is 1.39. The summed E-state index contributed by atoms with van der Waals surface area (Å²) in [5, 5.41) is 7.80. The van der Waals surface area contributed by atoms with Gasteiger partial charge in [0.2, 0.25) is 0 Å². The highest BCUT2D eigenvalue weighted by atomic mass is 35.5. The number of pyridine rings is 1.